The van der Waals surface area contributed by atoms with Crippen LogP contribution in [0.5, 0.6) is 0 Å². The third-order valence-electron chi connectivity index (χ3n) is 4.92. The fraction of sp³-hybridized carbons (Fsp3) is 0.556. The van der Waals surface area contributed by atoms with Crippen LogP contribution in [0, 0.1) is 5.92 Å². The average molecular weight is 389 g/mol. The summed E-state index contributed by atoms with van der Waals surface area (Å²) in [4.78, 5) is 16.9. The third kappa shape index (κ3) is 4.32. The van der Waals surface area contributed by atoms with E-state index < -0.39 is 29.8 Å². The van der Waals surface area contributed by atoms with E-state index in [-0.39, 0.29) is 43.5 Å². The van der Waals surface area contributed by atoms with Crippen molar-refractivity contribution in [2.45, 2.75) is 43.2 Å². The maximum absolute atomic E-state index is 13.7. The molecule has 0 amide bonds. The highest BCUT2D eigenvalue weighted by atomic mass is 35.5. The number of nitrogens with zero attached hydrogens (tertiary/aromatic N) is 1. The highest BCUT2D eigenvalue weighted by Gasteiger charge is 2.54. The second kappa shape index (κ2) is 8.31. The lowest BCUT2D eigenvalue weighted by Crippen LogP contribution is -2.45. The molecule has 3 atom stereocenters. The van der Waals surface area contributed by atoms with E-state index in [0.717, 1.165) is 6.54 Å². The van der Waals surface area contributed by atoms with Gasteiger partial charge in [0, 0.05) is 25.3 Å². The molecule has 0 aromatic heterocycles. The number of aliphatic imine (C=N–C) groups is 1. The molecule has 0 spiro atoms. The molecule has 0 unspecified atom stereocenters. The van der Waals surface area contributed by atoms with E-state index >= 15 is 0 Å². The number of halogens is 3. The highest BCUT2D eigenvalue weighted by molar-refractivity contribution is 5.85. The molecule has 1 aliphatic carbocycles. The lowest BCUT2D eigenvalue weighted by Gasteiger charge is -2.32. The maximum Gasteiger partial charge on any atom is 0.343 e. The topological polar surface area (TPSA) is 70.9 Å². The maximum atomic E-state index is 13.7. The van der Waals surface area contributed by atoms with Crippen LogP contribution in [0.25, 0.3) is 0 Å². The molecule has 2 aliphatic rings. The summed E-state index contributed by atoms with van der Waals surface area (Å²) in [5, 5.41) is 14.1. The van der Waals surface area contributed by atoms with Crippen LogP contribution in [-0.2, 0) is 15.1 Å². The smallest absolute Gasteiger partial charge is 0.343 e. The average Bonchev–Trinajstić information content (AvgIpc) is 3.01. The molecule has 3 rings (SSSR count). The van der Waals surface area contributed by atoms with Gasteiger partial charge < -0.3 is 15.2 Å². The molecular weight excluding hydrogens is 366 g/mol. The van der Waals surface area contributed by atoms with Crippen molar-refractivity contribution in [1.82, 2.24) is 5.32 Å². The Morgan fingerprint density at radius 1 is 1.35 bits per heavy atom. The minimum Gasteiger partial charge on any atom is -0.461 e. The van der Waals surface area contributed by atoms with E-state index in [4.69, 9.17) is 4.74 Å². The number of benzene rings is 1. The highest BCUT2D eigenvalue weighted by Crippen LogP contribution is 2.47. The quantitative estimate of drug-likeness (QED) is 0.761. The van der Waals surface area contributed by atoms with Gasteiger partial charge >= 0.3 is 5.97 Å². The summed E-state index contributed by atoms with van der Waals surface area (Å²) in [5.41, 5.74) is -1.78. The van der Waals surface area contributed by atoms with Crippen molar-refractivity contribution in [3.05, 3.63) is 35.9 Å². The summed E-state index contributed by atoms with van der Waals surface area (Å²) in [6.45, 7) is 0.749. The zero-order valence-corrected chi connectivity index (χ0v) is 15.1. The molecule has 1 aromatic carbocycles. The molecule has 2 N–H and O–H groups in total. The van der Waals surface area contributed by atoms with Crippen LogP contribution in [0.4, 0.5) is 8.78 Å². The van der Waals surface area contributed by atoms with Crippen molar-refractivity contribution in [2.75, 3.05) is 13.2 Å². The van der Waals surface area contributed by atoms with Crippen LogP contribution in [0.1, 0.15) is 31.2 Å². The summed E-state index contributed by atoms with van der Waals surface area (Å²) in [6, 6.07) is 8.02. The molecule has 8 heteroatoms. The minimum absolute atomic E-state index is 0. The first-order chi connectivity index (χ1) is 11.9. The van der Waals surface area contributed by atoms with Gasteiger partial charge in [0.15, 0.2) is 5.60 Å². The van der Waals surface area contributed by atoms with Crippen molar-refractivity contribution in [1.29, 1.82) is 0 Å². The zero-order chi connectivity index (χ0) is 17.9. The van der Waals surface area contributed by atoms with Gasteiger partial charge in [-0.1, -0.05) is 30.3 Å². The van der Waals surface area contributed by atoms with Gasteiger partial charge in [0.25, 0.3) is 0 Å². The summed E-state index contributed by atoms with van der Waals surface area (Å²) in [7, 11) is 0. The Kier molecular flexibility index (Phi) is 6.58. The monoisotopic (exact) mass is 388 g/mol. The van der Waals surface area contributed by atoms with Crippen LogP contribution < -0.4 is 5.32 Å². The van der Waals surface area contributed by atoms with Gasteiger partial charge in [-0.3, -0.25) is 4.99 Å². The Morgan fingerprint density at radius 3 is 2.65 bits per heavy atom. The Balaban J connectivity index is 0.00000243. The first kappa shape index (κ1) is 20.6. The SMILES string of the molecule is Cl.O=C(OC[C@H]1CCNC=N1)[C@](O)(c1ccccc1)[C@@H]1CCC(F)(F)C1. The van der Waals surface area contributed by atoms with E-state index in [1.165, 1.54) is 0 Å². The second-order valence-electron chi connectivity index (χ2n) is 6.70. The van der Waals surface area contributed by atoms with E-state index in [1.54, 1.807) is 36.7 Å². The number of esters is 1. The summed E-state index contributed by atoms with van der Waals surface area (Å²) < 4.78 is 32.7. The first-order valence-electron chi connectivity index (χ1n) is 8.50. The summed E-state index contributed by atoms with van der Waals surface area (Å²) in [6.07, 6.45) is 1.47. The van der Waals surface area contributed by atoms with Gasteiger partial charge in [0.05, 0.1) is 12.4 Å². The lowest BCUT2D eigenvalue weighted by atomic mass is 9.80. The molecule has 1 aliphatic heterocycles. The van der Waals surface area contributed by atoms with Crippen LogP contribution in [0.15, 0.2) is 35.3 Å². The molecular formula is C18H23ClF2N2O3. The molecule has 5 nitrogen and oxygen atoms in total. The number of hydrogen-bond acceptors (Lipinski definition) is 5. The number of aliphatic hydroxyl groups is 1. The van der Waals surface area contributed by atoms with E-state index in [1.807, 2.05) is 0 Å². The van der Waals surface area contributed by atoms with E-state index in [9.17, 15) is 18.7 Å². The molecule has 0 bridgehead atoms. The number of carbonyl (C=O) groups excluding carboxylic acids is 1. The van der Waals surface area contributed by atoms with Crippen molar-refractivity contribution in [3.8, 4) is 0 Å². The van der Waals surface area contributed by atoms with Crippen molar-refractivity contribution in [3.63, 3.8) is 0 Å². The Morgan fingerprint density at radius 2 is 2.08 bits per heavy atom. The molecule has 1 fully saturated rings. The molecule has 1 aromatic rings. The first-order valence-corrected chi connectivity index (χ1v) is 8.50. The molecule has 144 valence electrons. The molecule has 26 heavy (non-hydrogen) atoms. The summed E-state index contributed by atoms with van der Waals surface area (Å²) >= 11 is 0. The number of carbonyl (C=O) groups is 1. The fourth-order valence-electron chi connectivity index (χ4n) is 3.47. The van der Waals surface area contributed by atoms with Gasteiger partial charge in [0.1, 0.15) is 6.61 Å². The number of alkyl halides is 2. The van der Waals surface area contributed by atoms with Crippen LogP contribution >= 0.6 is 12.4 Å². The van der Waals surface area contributed by atoms with Gasteiger partial charge in [-0.25, -0.2) is 13.6 Å². The Labute approximate surface area is 157 Å². The Bertz CT molecular complexity index is 645. The van der Waals surface area contributed by atoms with Crippen LogP contribution in [0.2, 0.25) is 0 Å². The molecule has 0 radical (unpaired) electrons. The molecule has 1 heterocycles. The van der Waals surface area contributed by atoms with Crippen LogP contribution in [-0.4, -0.2) is 42.5 Å². The number of hydrogen-bond donors (Lipinski definition) is 2. The number of nitrogens with one attached hydrogen (secondary N) is 1. The minimum atomic E-state index is -2.87. The van der Waals surface area contributed by atoms with Gasteiger partial charge in [-0.05, 0) is 18.4 Å². The predicted octanol–water partition coefficient (Wildman–Crippen LogP) is 2.66. The van der Waals surface area contributed by atoms with Gasteiger partial charge in [-0.2, -0.15) is 0 Å². The van der Waals surface area contributed by atoms with Gasteiger partial charge in [0.2, 0.25) is 5.92 Å². The van der Waals surface area contributed by atoms with Crippen molar-refractivity contribution < 1.29 is 23.4 Å². The van der Waals surface area contributed by atoms with Crippen molar-refractivity contribution >= 4 is 24.7 Å². The third-order valence-corrected chi connectivity index (χ3v) is 4.92. The van der Waals surface area contributed by atoms with Crippen molar-refractivity contribution in [2.24, 2.45) is 10.9 Å². The Hall–Kier alpha value is -1.73. The zero-order valence-electron chi connectivity index (χ0n) is 14.2. The number of rotatable bonds is 5. The molecule has 1 saturated carbocycles. The van der Waals surface area contributed by atoms with E-state index in [2.05, 4.69) is 10.3 Å². The van der Waals surface area contributed by atoms with Gasteiger partial charge in [-0.15, -0.1) is 12.4 Å². The largest absolute Gasteiger partial charge is 0.461 e. The lowest BCUT2D eigenvalue weighted by molar-refractivity contribution is -0.175. The second-order valence-corrected chi connectivity index (χ2v) is 6.70. The fourth-order valence-corrected chi connectivity index (χ4v) is 3.47. The van der Waals surface area contributed by atoms with Crippen LogP contribution in [0.3, 0.4) is 0 Å². The standard InChI is InChI=1S/C18H22F2N2O3.ClH/c19-17(20)8-6-14(10-17)18(24,13-4-2-1-3-5-13)16(23)25-11-15-7-9-21-12-22-15;/h1-5,12,14-15,24H,6-11H2,(H,21,22);1H/t14-,15-,18+;/m1./s1. The normalized spacial score (nSPS) is 26.3. The summed E-state index contributed by atoms with van der Waals surface area (Å²) in [5.74, 6) is -4.63. The molecule has 0 saturated heterocycles. The number of ether oxygens (including phenoxy) is 1. The predicted molar refractivity (Wildman–Crippen MR) is 95.7 cm³/mol. The van der Waals surface area contributed by atoms with E-state index in [0.29, 0.717) is 6.42 Å².